The first-order valence-electron chi connectivity index (χ1n) is 9.08. The number of hydrogen-bond donors (Lipinski definition) is 2. The highest BCUT2D eigenvalue weighted by Crippen LogP contribution is 2.22. The maximum absolute atomic E-state index is 12.5. The smallest absolute Gasteiger partial charge is 0.246 e. The second-order valence-corrected chi connectivity index (χ2v) is 7.32. The zero-order valence-electron chi connectivity index (χ0n) is 15.2. The predicted octanol–water partition coefficient (Wildman–Crippen LogP) is 3.26. The molecule has 25 heavy (non-hydrogen) atoms. The Labute approximate surface area is 154 Å². The Bertz CT molecular complexity index is 556. The van der Waals surface area contributed by atoms with Gasteiger partial charge in [0.1, 0.15) is 6.04 Å². The van der Waals surface area contributed by atoms with Crippen molar-refractivity contribution in [3.63, 3.8) is 0 Å². The number of amides is 2. The van der Waals surface area contributed by atoms with E-state index in [9.17, 15) is 9.59 Å². The molecule has 0 bridgehead atoms. The van der Waals surface area contributed by atoms with E-state index in [0.717, 1.165) is 24.5 Å². The maximum atomic E-state index is 12.5. The van der Waals surface area contributed by atoms with Crippen LogP contribution in [0.2, 0.25) is 0 Å². The van der Waals surface area contributed by atoms with Crippen LogP contribution in [0.25, 0.3) is 0 Å². The van der Waals surface area contributed by atoms with Crippen molar-refractivity contribution in [1.82, 2.24) is 5.32 Å². The number of carbonyl (C=O) groups is 2. The number of carbonyl (C=O) groups excluding carboxylic acids is 2. The van der Waals surface area contributed by atoms with Crippen molar-refractivity contribution in [2.75, 3.05) is 35.3 Å². The van der Waals surface area contributed by atoms with Gasteiger partial charge in [-0.3, -0.25) is 9.59 Å². The Hall–Kier alpha value is -1.69. The van der Waals surface area contributed by atoms with Gasteiger partial charge in [-0.15, -0.1) is 0 Å². The van der Waals surface area contributed by atoms with Crippen LogP contribution in [-0.4, -0.2) is 43.0 Å². The summed E-state index contributed by atoms with van der Waals surface area (Å²) < 4.78 is 0. The fourth-order valence-corrected chi connectivity index (χ4v) is 3.41. The van der Waals surface area contributed by atoms with Gasteiger partial charge in [-0.1, -0.05) is 6.92 Å². The van der Waals surface area contributed by atoms with Gasteiger partial charge in [-0.05, 0) is 62.0 Å². The normalized spacial score (nSPS) is 15.5. The fourth-order valence-electron chi connectivity index (χ4n) is 2.94. The third-order valence-electron chi connectivity index (χ3n) is 4.44. The Morgan fingerprint density at radius 1 is 1.16 bits per heavy atom. The predicted molar refractivity (Wildman–Crippen MR) is 106 cm³/mol. The van der Waals surface area contributed by atoms with Gasteiger partial charge < -0.3 is 15.5 Å². The lowest BCUT2D eigenvalue weighted by atomic mass is 10.1. The molecular weight excluding hydrogens is 334 g/mol. The molecule has 2 rings (SSSR count). The minimum absolute atomic E-state index is 0.0956. The van der Waals surface area contributed by atoms with Crippen LogP contribution < -0.4 is 15.5 Å². The summed E-state index contributed by atoms with van der Waals surface area (Å²) >= 11 is 1.67. The van der Waals surface area contributed by atoms with E-state index >= 15 is 0 Å². The van der Waals surface area contributed by atoms with E-state index in [0.29, 0.717) is 12.8 Å². The molecule has 1 saturated heterocycles. The lowest BCUT2D eigenvalue weighted by Gasteiger charge is -2.29. The molecule has 1 aromatic rings. The molecule has 2 amide bonds. The van der Waals surface area contributed by atoms with Crippen LogP contribution in [0, 0.1) is 0 Å². The highest BCUT2D eigenvalue weighted by Gasteiger charge is 2.20. The number of rotatable bonds is 8. The van der Waals surface area contributed by atoms with E-state index in [4.69, 9.17) is 0 Å². The molecule has 1 fully saturated rings. The molecule has 0 aromatic heterocycles. The molecule has 1 aromatic carbocycles. The summed E-state index contributed by atoms with van der Waals surface area (Å²) in [6, 6.07) is 7.51. The standard InChI is InChI=1S/C19H29N3O2S/c1-3-18(23)21-17(11-14-25-2)19(24)20-15-7-9-16(10-8-15)22-12-5-4-6-13-22/h7-10,17H,3-6,11-14H2,1-2H3,(H,20,24)(H,21,23). The third kappa shape index (κ3) is 6.27. The van der Waals surface area contributed by atoms with Gasteiger partial charge >= 0.3 is 0 Å². The van der Waals surface area contributed by atoms with Gasteiger partial charge in [0, 0.05) is 30.9 Å². The summed E-state index contributed by atoms with van der Waals surface area (Å²) in [4.78, 5) is 26.6. The third-order valence-corrected chi connectivity index (χ3v) is 5.08. The molecule has 0 saturated carbocycles. The number of nitrogens with one attached hydrogen (secondary N) is 2. The molecule has 0 spiro atoms. The number of piperidine rings is 1. The number of thioether (sulfide) groups is 1. The number of nitrogens with zero attached hydrogens (tertiary/aromatic N) is 1. The van der Waals surface area contributed by atoms with Gasteiger partial charge in [0.05, 0.1) is 0 Å². The lowest BCUT2D eigenvalue weighted by molar-refractivity contribution is -0.126. The quantitative estimate of drug-likeness (QED) is 0.744. The molecule has 2 N–H and O–H groups in total. The fraction of sp³-hybridized carbons (Fsp3) is 0.579. The lowest BCUT2D eigenvalue weighted by Crippen LogP contribution is -2.44. The second kappa shape index (κ2) is 10.3. The number of anilines is 2. The highest BCUT2D eigenvalue weighted by molar-refractivity contribution is 7.98. The van der Waals surface area contributed by atoms with E-state index < -0.39 is 6.04 Å². The maximum Gasteiger partial charge on any atom is 0.246 e. The van der Waals surface area contributed by atoms with E-state index in [2.05, 4.69) is 27.7 Å². The summed E-state index contributed by atoms with van der Waals surface area (Å²) in [6.45, 7) is 4.00. The Morgan fingerprint density at radius 3 is 2.44 bits per heavy atom. The van der Waals surface area contributed by atoms with Crippen molar-refractivity contribution in [1.29, 1.82) is 0 Å². The van der Waals surface area contributed by atoms with Crippen LogP contribution in [0.5, 0.6) is 0 Å². The van der Waals surface area contributed by atoms with Gasteiger partial charge in [0.15, 0.2) is 0 Å². The van der Waals surface area contributed by atoms with E-state index in [-0.39, 0.29) is 11.8 Å². The van der Waals surface area contributed by atoms with Gasteiger partial charge in [-0.2, -0.15) is 11.8 Å². The highest BCUT2D eigenvalue weighted by atomic mass is 32.2. The summed E-state index contributed by atoms with van der Waals surface area (Å²) in [5.41, 5.74) is 1.97. The Morgan fingerprint density at radius 2 is 1.84 bits per heavy atom. The Balaban J connectivity index is 1.95. The van der Waals surface area contributed by atoms with Crippen molar-refractivity contribution >= 4 is 35.0 Å². The zero-order chi connectivity index (χ0) is 18.1. The largest absolute Gasteiger partial charge is 0.372 e. The van der Waals surface area contributed by atoms with Crippen LogP contribution >= 0.6 is 11.8 Å². The van der Waals surface area contributed by atoms with Crippen LogP contribution in [0.3, 0.4) is 0 Å². The average molecular weight is 364 g/mol. The Kier molecular flexibility index (Phi) is 8.12. The number of benzene rings is 1. The summed E-state index contributed by atoms with van der Waals surface area (Å²) in [5, 5.41) is 5.74. The van der Waals surface area contributed by atoms with Crippen molar-refractivity contribution in [2.45, 2.75) is 45.1 Å². The molecule has 5 nitrogen and oxygen atoms in total. The van der Waals surface area contributed by atoms with Crippen LogP contribution in [0.4, 0.5) is 11.4 Å². The van der Waals surface area contributed by atoms with Crippen molar-refractivity contribution in [2.24, 2.45) is 0 Å². The van der Waals surface area contributed by atoms with Crippen molar-refractivity contribution in [3.8, 4) is 0 Å². The molecule has 1 heterocycles. The van der Waals surface area contributed by atoms with Gasteiger partial charge in [-0.25, -0.2) is 0 Å². The van der Waals surface area contributed by atoms with Crippen LogP contribution in [0.15, 0.2) is 24.3 Å². The van der Waals surface area contributed by atoms with Crippen molar-refractivity contribution in [3.05, 3.63) is 24.3 Å². The number of hydrogen-bond acceptors (Lipinski definition) is 4. The van der Waals surface area contributed by atoms with Crippen LogP contribution in [0.1, 0.15) is 39.0 Å². The summed E-state index contributed by atoms with van der Waals surface area (Å²) in [5.74, 6) is 0.582. The molecule has 0 aliphatic carbocycles. The average Bonchev–Trinajstić information content (AvgIpc) is 2.66. The van der Waals surface area contributed by atoms with Crippen LogP contribution in [-0.2, 0) is 9.59 Å². The zero-order valence-corrected chi connectivity index (χ0v) is 16.0. The molecule has 1 aliphatic heterocycles. The first-order chi connectivity index (χ1) is 12.1. The minimum Gasteiger partial charge on any atom is -0.372 e. The molecular formula is C19H29N3O2S. The van der Waals surface area contributed by atoms with E-state index in [1.807, 2.05) is 18.4 Å². The molecule has 1 aliphatic rings. The first-order valence-corrected chi connectivity index (χ1v) is 10.5. The van der Waals surface area contributed by atoms with Crippen molar-refractivity contribution < 1.29 is 9.59 Å². The monoisotopic (exact) mass is 363 g/mol. The molecule has 1 atom stereocenters. The van der Waals surface area contributed by atoms with Gasteiger partial charge in [0.2, 0.25) is 11.8 Å². The molecule has 1 unspecified atom stereocenters. The minimum atomic E-state index is -0.485. The topological polar surface area (TPSA) is 61.4 Å². The second-order valence-electron chi connectivity index (χ2n) is 6.34. The SMILES string of the molecule is CCC(=O)NC(CCSC)C(=O)Nc1ccc(N2CCCCC2)cc1. The molecule has 6 heteroatoms. The van der Waals surface area contributed by atoms with Gasteiger partial charge in [0.25, 0.3) is 0 Å². The van der Waals surface area contributed by atoms with E-state index in [1.54, 1.807) is 18.7 Å². The molecule has 0 radical (unpaired) electrons. The first kappa shape index (κ1) is 19.6. The molecule has 138 valence electrons. The summed E-state index contributed by atoms with van der Waals surface area (Å²) in [6.07, 6.45) is 6.80. The van der Waals surface area contributed by atoms with E-state index in [1.165, 1.54) is 24.9 Å². The summed E-state index contributed by atoms with van der Waals surface area (Å²) in [7, 11) is 0.